The molecular weight excluding hydrogens is 299 g/mol. The zero-order chi connectivity index (χ0) is 16.2. The van der Waals surface area contributed by atoms with Crippen molar-refractivity contribution in [1.82, 2.24) is 9.80 Å². The minimum Gasteiger partial charge on any atom is -0.378 e. The van der Waals surface area contributed by atoms with Crippen molar-refractivity contribution in [1.29, 1.82) is 0 Å². The highest BCUT2D eigenvalue weighted by molar-refractivity contribution is 5.94. The van der Waals surface area contributed by atoms with E-state index in [1.807, 2.05) is 0 Å². The zero-order valence-corrected chi connectivity index (χ0v) is 13.0. The van der Waals surface area contributed by atoms with E-state index in [1.54, 1.807) is 15.9 Å². The summed E-state index contributed by atoms with van der Waals surface area (Å²) in [5.74, 6) is -0.472. The molecule has 1 aromatic rings. The summed E-state index contributed by atoms with van der Waals surface area (Å²) in [5, 5.41) is 0. The monoisotopic (exact) mass is 320 g/mol. The fraction of sp³-hybridized carbons (Fsp3) is 0.529. The number of nitrogens with zero attached hydrogens (tertiary/aromatic N) is 2. The molecule has 0 aromatic heterocycles. The molecule has 3 rings (SSSR count). The molecule has 0 unspecified atom stereocenters. The normalized spacial score (nSPS) is 21.0. The third-order valence-electron chi connectivity index (χ3n) is 4.46. The molecule has 23 heavy (non-hydrogen) atoms. The Balaban J connectivity index is 1.47. The standard InChI is InChI=1S/C17H21FN2O3/c18-14-3-1-2-13(12-14)17(22)20-9-7-19(8-10-20)16(21)5-4-15-6-11-23-15/h1-3,12,15H,4-11H2/t15-/m0/s1. The molecule has 6 heteroatoms. The fourth-order valence-corrected chi connectivity index (χ4v) is 2.92. The Morgan fingerprint density at radius 3 is 2.48 bits per heavy atom. The van der Waals surface area contributed by atoms with Gasteiger partial charge >= 0.3 is 0 Å². The Kier molecular flexibility index (Phi) is 4.91. The van der Waals surface area contributed by atoms with Crippen molar-refractivity contribution in [2.75, 3.05) is 32.8 Å². The molecule has 0 radical (unpaired) electrons. The molecule has 0 saturated carbocycles. The van der Waals surface area contributed by atoms with E-state index < -0.39 is 5.82 Å². The molecule has 2 saturated heterocycles. The first-order chi connectivity index (χ1) is 11.1. The molecule has 1 aromatic carbocycles. The lowest BCUT2D eigenvalue weighted by Crippen LogP contribution is -2.50. The minimum absolute atomic E-state index is 0.123. The first-order valence-electron chi connectivity index (χ1n) is 8.08. The van der Waals surface area contributed by atoms with Crippen molar-refractivity contribution in [3.05, 3.63) is 35.6 Å². The van der Waals surface area contributed by atoms with Gasteiger partial charge in [0.25, 0.3) is 5.91 Å². The molecule has 0 N–H and O–H groups in total. The molecule has 5 nitrogen and oxygen atoms in total. The summed E-state index contributed by atoms with van der Waals surface area (Å²) in [5.41, 5.74) is 0.354. The van der Waals surface area contributed by atoms with Gasteiger partial charge in [-0.2, -0.15) is 0 Å². The van der Waals surface area contributed by atoms with Crippen LogP contribution in [-0.4, -0.2) is 60.5 Å². The molecule has 1 atom stereocenters. The van der Waals surface area contributed by atoms with Crippen LogP contribution in [0.1, 0.15) is 29.6 Å². The number of carbonyl (C=O) groups is 2. The van der Waals surface area contributed by atoms with Gasteiger partial charge in [-0.1, -0.05) is 6.07 Å². The van der Waals surface area contributed by atoms with Crippen molar-refractivity contribution in [3.8, 4) is 0 Å². The largest absolute Gasteiger partial charge is 0.378 e. The first-order valence-corrected chi connectivity index (χ1v) is 8.08. The van der Waals surface area contributed by atoms with E-state index in [9.17, 15) is 14.0 Å². The zero-order valence-electron chi connectivity index (χ0n) is 13.0. The maximum Gasteiger partial charge on any atom is 0.254 e. The highest BCUT2D eigenvalue weighted by Gasteiger charge is 2.26. The van der Waals surface area contributed by atoms with Crippen LogP contribution in [0.5, 0.6) is 0 Å². The lowest BCUT2D eigenvalue weighted by molar-refractivity contribution is -0.134. The number of rotatable bonds is 4. The Morgan fingerprint density at radius 1 is 1.17 bits per heavy atom. The summed E-state index contributed by atoms with van der Waals surface area (Å²) in [6.45, 7) is 2.85. The molecule has 2 heterocycles. The van der Waals surface area contributed by atoms with Crippen molar-refractivity contribution < 1.29 is 18.7 Å². The van der Waals surface area contributed by atoms with Crippen LogP contribution in [0.2, 0.25) is 0 Å². The van der Waals surface area contributed by atoms with Crippen molar-refractivity contribution in [2.24, 2.45) is 0 Å². The summed E-state index contributed by atoms with van der Waals surface area (Å²) in [6.07, 6.45) is 2.57. The van der Waals surface area contributed by atoms with E-state index in [0.29, 0.717) is 38.2 Å². The second-order valence-corrected chi connectivity index (χ2v) is 6.00. The summed E-state index contributed by atoms with van der Waals surface area (Å²) in [4.78, 5) is 28.0. The van der Waals surface area contributed by atoms with Crippen LogP contribution >= 0.6 is 0 Å². The van der Waals surface area contributed by atoms with Gasteiger partial charge in [0.05, 0.1) is 6.10 Å². The van der Waals surface area contributed by atoms with Gasteiger partial charge in [-0.25, -0.2) is 4.39 Å². The number of amides is 2. The number of ether oxygens (including phenoxy) is 1. The highest BCUT2D eigenvalue weighted by Crippen LogP contribution is 2.18. The molecular formula is C17H21FN2O3. The van der Waals surface area contributed by atoms with Crippen LogP contribution in [0, 0.1) is 5.82 Å². The van der Waals surface area contributed by atoms with E-state index in [4.69, 9.17) is 4.74 Å². The van der Waals surface area contributed by atoms with Gasteiger partial charge < -0.3 is 14.5 Å². The third-order valence-corrected chi connectivity index (χ3v) is 4.46. The minimum atomic E-state index is -0.414. The number of piperazine rings is 1. The van der Waals surface area contributed by atoms with Crippen LogP contribution < -0.4 is 0 Å². The molecule has 2 aliphatic heterocycles. The smallest absolute Gasteiger partial charge is 0.254 e. The number of benzene rings is 1. The molecule has 0 bridgehead atoms. The van der Waals surface area contributed by atoms with Crippen LogP contribution in [0.4, 0.5) is 4.39 Å². The number of hydrogen-bond acceptors (Lipinski definition) is 3. The summed E-state index contributed by atoms with van der Waals surface area (Å²) >= 11 is 0. The number of carbonyl (C=O) groups excluding carboxylic acids is 2. The average Bonchev–Trinajstić information content (AvgIpc) is 2.53. The van der Waals surface area contributed by atoms with Crippen LogP contribution in [-0.2, 0) is 9.53 Å². The third kappa shape index (κ3) is 3.88. The Labute approximate surface area is 135 Å². The summed E-state index contributed by atoms with van der Waals surface area (Å²) in [6, 6.07) is 5.71. The predicted octanol–water partition coefficient (Wildman–Crippen LogP) is 1.68. The van der Waals surface area contributed by atoms with Crippen LogP contribution in [0.3, 0.4) is 0 Å². The van der Waals surface area contributed by atoms with Gasteiger partial charge in [0.15, 0.2) is 0 Å². The maximum atomic E-state index is 13.2. The van der Waals surface area contributed by atoms with Crippen LogP contribution in [0.15, 0.2) is 24.3 Å². The molecule has 2 fully saturated rings. The SMILES string of the molecule is O=C(CC[C@H]1CCO1)N1CCN(C(=O)c2cccc(F)c2)CC1. The van der Waals surface area contributed by atoms with E-state index in [1.165, 1.54) is 18.2 Å². The van der Waals surface area contributed by atoms with Gasteiger partial charge in [0.2, 0.25) is 5.91 Å². The average molecular weight is 320 g/mol. The molecule has 124 valence electrons. The Hall–Kier alpha value is -1.95. The summed E-state index contributed by atoms with van der Waals surface area (Å²) < 4.78 is 18.5. The van der Waals surface area contributed by atoms with E-state index in [0.717, 1.165) is 19.4 Å². The van der Waals surface area contributed by atoms with Crippen molar-refractivity contribution in [3.63, 3.8) is 0 Å². The highest BCUT2D eigenvalue weighted by atomic mass is 19.1. The second-order valence-electron chi connectivity index (χ2n) is 6.00. The Bertz CT molecular complexity index is 581. The van der Waals surface area contributed by atoms with E-state index >= 15 is 0 Å². The van der Waals surface area contributed by atoms with Gasteiger partial charge in [0, 0.05) is 44.8 Å². The molecule has 0 spiro atoms. The lowest BCUT2D eigenvalue weighted by atomic mass is 10.1. The van der Waals surface area contributed by atoms with Crippen molar-refractivity contribution >= 4 is 11.8 Å². The van der Waals surface area contributed by atoms with Gasteiger partial charge in [-0.05, 0) is 31.0 Å². The van der Waals surface area contributed by atoms with E-state index in [2.05, 4.69) is 0 Å². The van der Waals surface area contributed by atoms with Gasteiger partial charge in [0.1, 0.15) is 5.82 Å². The van der Waals surface area contributed by atoms with E-state index in [-0.39, 0.29) is 17.9 Å². The summed E-state index contributed by atoms with van der Waals surface area (Å²) in [7, 11) is 0. The number of halogens is 1. The molecule has 0 aliphatic carbocycles. The quantitative estimate of drug-likeness (QED) is 0.848. The predicted molar refractivity (Wildman–Crippen MR) is 82.5 cm³/mol. The fourth-order valence-electron chi connectivity index (χ4n) is 2.92. The second kappa shape index (κ2) is 7.08. The van der Waals surface area contributed by atoms with Crippen molar-refractivity contribution in [2.45, 2.75) is 25.4 Å². The number of hydrogen-bond donors (Lipinski definition) is 0. The molecule has 2 aliphatic rings. The van der Waals surface area contributed by atoms with Gasteiger partial charge in [-0.3, -0.25) is 9.59 Å². The topological polar surface area (TPSA) is 49.9 Å². The van der Waals surface area contributed by atoms with Crippen LogP contribution in [0.25, 0.3) is 0 Å². The maximum absolute atomic E-state index is 13.2. The first kappa shape index (κ1) is 15.9. The lowest BCUT2D eigenvalue weighted by Gasteiger charge is -2.35. The Morgan fingerprint density at radius 2 is 1.87 bits per heavy atom. The molecule has 2 amide bonds. The van der Waals surface area contributed by atoms with Gasteiger partial charge in [-0.15, -0.1) is 0 Å².